The summed E-state index contributed by atoms with van der Waals surface area (Å²) in [6, 6.07) is 8.43. The normalized spacial score (nSPS) is 18.8. The van der Waals surface area contributed by atoms with Crippen molar-refractivity contribution in [1.82, 2.24) is 0 Å². The summed E-state index contributed by atoms with van der Waals surface area (Å²) in [6.45, 7) is 4.36. The number of nitrogens with zero attached hydrogens (tertiary/aromatic N) is 1. The summed E-state index contributed by atoms with van der Waals surface area (Å²) >= 11 is 0. The van der Waals surface area contributed by atoms with Crippen LogP contribution in [0.3, 0.4) is 0 Å². The van der Waals surface area contributed by atoms with Crippen LogP contribution in [-0.2, 0) is 0 Å². The molecule has 0 amide bonds. The number of aliphatic hydroxyl groups excluding tert-OH is 1. The lowest BCUT2D eigenvalue weighted by molar-refractivity contribution is 0.173. The Kier molecular flexibility index (Phi) is 4.43. The standard InChI is InChI=1S/C15H23NO/c1-2-15(17)13-7-9-14(10-8-13)16-11-5-3-4-6-12-16/h7-10,15,17H,2-6,11-12H2,1H3. The van der Waals surface area contributed by atoms with E-state index in [0.29, 0.717) is 0 Å². The third kappa shape index (κ3) is 3.22. The van der Waals surface area contributed by atoms with Gasteiger partial charge in [0.15, 0.2) is 0 Å². The monoisotopic (exact) mass is 233 g/mol. The van der Waals surface area contributed by atoms with E-state index in [0.717, 1.165) is 12.0 Å². The highest BCUT2D eigenvalue weighted by Gasteiger charge is 2.10. The molecule has 1 saturated heterocycles. The molecule has 2 rings (SSSR count). The lowest BCUT2D eigenvalue weighted by atomic mass is 10.1. The molecule has 17 heavy (non-hydrogen) atoms. The van der Waals surface area contributed by atoms with Crippen molar-refractivity contribution in [2.75, 3.05) is 18.0 Å². The maximum absolute atomic E-state index is 9.76. The summed E-state index contributed by atoms with van der Waals surface area (Å²) in [7, 11) is 0. The van der Waals surface area contributed by atoms with Crippen LogP contribution in [-0.4, -0.2) is 18.2 Å². The number of benzene rings is 1. The average Bonchev–Trinajstić information content (AvgIpc) is 2.67. The molecule has 2 heteroatoms. The fraction of sp³-hybridized carbons (Fsp3) is 0.600. The predicted molar refractivity (Wildman–Crippen MR) is 72.4 cm³/mol. The van der Waals surface area contributed by atoms with Gasteiger partial charge < -0.3 is 10.0 Å². The molecule has 1 unspecified atom stereocenters. The fourth-order valence-corrected chi connectivity index (χ4v) is 2.47. The second kappa shape index (κ2) is 6.06. The van der Waals surface area contributed by atoms with E-state index in [1.54, 1.807) is 0 Å². The summed E-state index contributed by atoms with van der Waals surface area (Å²) in [5, 5.41) is 9.76. The highest BCUT2D eigenvalue weighted by Crippen LogP contribution is 2.23. The summed E-state index contributed by atoms with van der Waals surface area (Å²) in [5.74, 6) is 0. The zero-order valence-corrected chi connectivity index (χ0v) is 10.7. The highest BCUT2D eigenvalue weighted by molar-refractivity contribution is 5.48. The van der Waals surface area contributed by atoms with Crippen molar-refractivity contribution in [3.8, 4) is 0 Å². The molecule has 1 atom stereocenters. The van der Waals surface area contributed by atoms with E-state index in [1.165, 1.54) is 44.5 Å². The molecular weight excluding hydrogens is 210 g/mol. The topological polar surface area (TPSA) is 23.5 Å². The van der Waals surface area contributed by atoms with Gasteiger partial charge in [-0.2, -0.15) is 0 Å². The maximum atomic E-state index is 9.76. The van der Waals surface area contributed by atoms with Crippen LogP contribution >= 0.6 is 0 Å². The van der Waals surface area contributed by atoms with E-state index < -0.39 is 0 Å². The SMILES string of the molecule is CCC(O)c1ccc(N2CCCCCC2)cc1. The van der Waals surface area contributed by atoms with E-state index in [4.69, 9.17) is 0 Å². The third-order valence-electron chi connectivity index (χ3n) is 3.64. The van der Waals surface area contributed by atoms with Gasteiger partial charge >= 0.3 is 0 Å². The van der Waals surface area contributed by atoms with Crippen LogP contribution in [0.5, 0.6) is 0 Å². The second-order valence-electron chi connectivity index (χ2n) is 4.92. The van der Waals surface area contributed by atoms with Crippen molar-refractivity contribution in [1.29, 1.82) is 0 Å². The number of aliphatic hydroxyl groups is 1. The molecule has 1 aliphatic rings. The lowest BCUT2D eigenvalue weighted by Gasteiger charge is -2.23. The van der Waals surface area contributed by atoms with Gasteiger partial charge in [0.2, 0.25) is 0 Å². The Balaban J connectivity index is 2.05. The minimum absolute atomic E-state index is 0.312. The maximum Gasteiger partial charge on any atom is 0.0787 e. The van der Waals surface area contributed by atoms with Crippen molar-refractivity contribution < 1.29 is 5.11 Å². The zero-order chi connectivity index (χ0) is 12.1. The number of rotatable bonds is 3. The van der Waals surface area contributed by atoms with Gasteiger partial charge in [-0.15, -0.1) is 0 Å². The van der Waals surface area contributed by atoms with Gasteiger partial charge in [0.05, 0.1) is 6.10 Å². The zero-order valence-electron chi connectivity index (χ0n) is 10.7. The first kappa shape index (κ1) is 12.4. The Morgan fingerprint density at radius 2 is 1.65 bits per heavy atom. The van der Waals surface area contributed by atoms with Crippen LogP contribution in [0.15, 0.2) is 24.3 Å². The largest absolute Gasteiger partial charge is 0.388 e. The first-order valence-corrected chi connectivity index (χ1v) is 6.84. The van der Waals surface area contributed by atoms with E-state index in [-0.39, 0.29) is 6.10 Å². The number of anilines is 1. The van der Waals surface area contributed by atoms with Gasteiger partial charge in [0, 0.05) is 18.8 Å². The molecule has 0 radical (unpaired) electrons. The van der Waals surface area contributed by atoms with Gasteiger partial charge in [0.1, 0.15) is 0 Å². The van der Waals surface area contributed by atoms with Crippen molar-refractivity contribution in [3.05, 3.63) is 29.8 Å². The molecule has 1 aromatic rings. The van der Waals surface area contributed by atoms with E-state index in [2.05, 4.69) is 29.2 Å². The Morgan fingerprint density at radius 1 is 1.06 bits per heavy atom. The molecule has 0 aromatic heterocycles. The van der Waals surface area contributed by atoms with Crippen molar-refractivity contribution in [2.45, 2.75) is 45.1 Å². The average molecular weight is 233 g/mol. The third-order valence-corrected chi connectivity index (χ3v) is 3.64. The van der Waals surface area contributed by atoms with Crippen LogP contribution < -0.4 is 4.90 Å². The van der Waals surface area contributed by atoms with E-state index >= 15 is 0 Å². The Bertz CT molecular complexity index is 325. The van der Waals surface area contributed by atoms with Crippen molar-refractivity contribution >= 4 is 5.69 Å². The second-order valence-corrected chi connectivity index (χ2v) is 4.92. The summed E-state index contributed by atoms with van der Waals surface area (Å²) in [5.41, 5.74) is 2.34. The molecule has 1 aliphatic heterocycles. The lowest BCUT2D eigenvalue weighted by Crippen LogP contribution is -2.23. The van der Waals surface area contributed by atoms with Crippen LogP contribution in [0.2, 0.25) is 0 Å². The van der Waals surface area contributed by atoms with Crippen molar-refractivity contribution in [3.63, 3.8) is 0 Å². The summed E-state index contributed by atoms with van der Waals surface area (Å²) < 4.78 is 0. The molecular formula is C15H23NO. The Labute approximate surface area is 104 Å². The van der Waals surface area contributed by atoms with Gasteiger partial charge in [-0.05, 0) is 37.0 Å². The van der Waals surface area contributed by atoms with Crippen LogP contribution in [0.4, 0.5) is 5.69 Å². The minimum atomic E-state index is -0.312. The number of hydrogen-bond acceptors (Lipinski definition) is 2. The van der Waals surface area contributed by atoms with Crippen LogP contribution in [0.1, 0.15) is 50.7 Å². The summed E-state index contributed by atoms with van der Waals surface area (Å²) in [4.78, 5) is 2.47. The molecule has 1 N–H and O–H groups in total. The first-order chi connectivity index (χ1) is 8.31. The van der Waals surface area contributed by atoms with Gasteiger partial charge in [-0.25, -0.2) is 0 Å². The molecule has 2 nitrogen and oxygen atoms in total. The highest BCUT2D eigenvalue weighted by atomic mass is 16.3. The van der Waals surface area contributed by atoms with Gasteiger partial charge in [0.25, 0.3) is 0 Å². The van der Waals surface area contributed by atoms with Crippen LogP contribution in [0, 0.1) is 0 Å². The molecule has 1 fully saturated rings. The smallest absolute Gasteiger partial charge is 0.0787 e. The number of hydrogen-bond donors (Lipinski definition) is 1. The predicted octanol–water partition coefficient (Wildman–Crippen LogP) is 3.51. The minimum Gasteiger partial charge on any atom is -0.388 e. The molecule has 0 saturated carbocycles. The van der Waals surface area contributed by atoms with E-state index in [1.807, 2.05) is 6.92 Å². The van der Waals surface area contributed by atoms with E-state index in [9.17, 15) is 5.11 Å². The first-order valence-electron chi connectivity index (χ1n) is 6.84. The molecule has 94 valence electrons. The quantitative estimate of drug-likeness (QED) is 0.863. The molecule has 0 bridgehead atoms. The van der Waals surface area contributed by atoms with Gasteiger partial charge in [-0.1, -0.05) is 31.9 Å². The molecule has 1 aromatic carbocycles. The van der Waals surface area contributed by atoms with Crippen LogP contribution in [0.25, 0.3) is 0 Å². The Hall–Kier alpha value is -1.02. The molecule has 1 heterocycles. The Morgan fingerprint density at radius 3 is 2.18 bits per heavy atom. The van der Waals surface area contributed by atoms with Crippen molar-refractivity contribution in [2.24, 2.45) is 0 Å². The van der Waals surface area contributed by atoms with Gasteiger partial charge in [-0.3, -0.25) is 0 Å². The molecule has 0 spiro atoms. The fourth-order valence-electron chi connectivity index (χ4n) is 2.47. The molecule has 0 aliphatic carbocycles. The summed E-state index contributed by atoms with van der Waals surface area (Å²) in [6.07, 6.45) is 5.81.